The number of fused-ring (bicyclic) bond motifs is 1. The minimum Gasteiger partial charge on any atom is -0.338 e. The SMILES string of the molecule is C[C@@H]1CCCCN1C(=O)[C@@H](Cc1ccccc1)N1C(=O)c2ccccc2C1=O. The predicted molar refractivity (Wildman–Crippen MR) is 106 cm³/mol. The predicted octanol–water partition coefficient (Wildman–Crippen LogP) is 3.29. The molecule has 0 unspecified atom stereocenters. The van der Waals surface area contributed by atoms with Gasteiger partial charge in [-0.05, 0) is 43.9 Å². The first-order valence-electron chi connectivity index (χ1n) is 9.89. The van der Waals surface area contributed by atoms with Crippen molar-refractivity contribution < 1.29 is 14.4 Å². The third-order valence-corrected chi connectivity index (χ3v) is 5.78. The lowest BCUT2D eigenvalue weighted by atomic mass is 9.99. The average Bonchev–Trinajstić information content (AvgIpc) is 2.98. The van der Waals surface area contributed by atoms with Crippen molar-refractivity contribution in [2.24, 2.45) is 0 Å². The number of benzene rings is 2. The van der Waals surface area contributed by atoms with Gasteiger partial charge in [0.25, 0.3) is 11.8 Å². The van der Waals surface area contributed by atoms with Gasteiger partial charge in [0.1, 0.15) is 6.04 Å². The van der Waals surface area contributed by atoms with Crippen LogP contribution in [-0.4, -0.2) is 46.1 Å². The molecule has 28 heavy (non-hydrogen) atoms. The molecule has 0 N–H and O–H groups in total. The normalized spacial score (nSPS) is 20.2. The zero-order valence-electron chi connectivity index (χ0n) is 16.0. The number of carbonyl (C=O) groups is 3. The van der Waals surface area contributed by atoms with E-state index in [1.54, 1.807) is 24.3 Å². The number of hydrogen-bond acceptors (Lipinski definition) is 3. The first kappa shape index (κ1) is 18.4. The summed E-state index contributed by atoms with van der Waals surface area (Å²) in [5.41, 5.74) is 1.69. The van der Waals surface area contributed by atoms with E-state index in [2.05, 4.69) is 0 Å². The van der Waals surface area contributed by atoms with Crippen LogP contribution in [0.25, 0.3) is 0 Å². The molecule has 0 aliphatic carbocycles. The number of likely N-dealkylation sites (tertiary alicyclic amines) is 1. The number of imide groups is 1. The monoisotopic (exact) mass is 376 g/mol. The van der Waals surface area contributed by atoms with Crippen molar-refractivity contribution in [2.75, 3.05) is 6.54 Å². The first-order chi connectivity index (χ1) is 13.6. The molecule has 0 spiro atoms. The molecule has 2 aliphatic heterocycles. The summed E-state index contributed by atoms with van der Waals surface area (Å²) in [5.74, 6) is -0.885. The van der Waals surface area contributed by atoms with Gasteiger partial charge in [-0.25, -0.2) is 0 Å². The number of carbonyl (C=O) groups excluding carboxylic acids is 3. The molecule has 5 heteroatoms. The second-order valence-electron chi connectivity index (χ2n) is 7.61. The highest BCUT2D eigenvalue weighted by molar-refractivity contribution is 6.22. The second-order valence-corrected chi connectivity index (χ2v) is 7.61. The molecule has 1 saturated heterocycles. The summed E-state index contributed by atoms with van der Waals surface area (Å²) < 4.78 is 0. The van der Waals surface area contributed by atoms with Gasteiger partial charge in [-0.1, -0.05) is 42.5 Å². The Morgan fingerprint density at radius 2 is 1.57 bits per heavy atom. The fourth-order valence-electron chi connectivity index (χ4n) is 4.23. The Hall–Kier alpha value is -2.95. The van der Waals surface area contributed by atoms with Gasteiger partial charge in [0.15, 0.2) is 0 Å². The van der Waals surface area contributed by atoms with Gasteiger partial charge in [0.2, 0.25) is 5.91 Å². The van der Waals surface area contributed by atoms with Crippen LogP contribution in [-0.2, 0) is 11.2 Å². The fraction of sp³-hybridized carbons (Fsp3) is 0.348. The van der Waals surface area contributed by atoms with E-state index in [0.717, 1.165) is 24.8 Å². The maximum atomic E-state index is 13.5. The van der Waals surface area contributed by atoms with Crippen LogP contribution in [0.2, 0.25) is 0 Å². The number of amides is 3. The van der Waals surface area contributed by atoms with Crippen LogP contribution in [0.15, 0.2) is 54.6 Å². The van der Waals surface area contributed by atoms with Crippen LogP contribution >= 0.6 is 0 Å². The van der Waals surface area contributed by atoms with E-state index in [9.17, 15) is 14.4 Å². The van der Waals surface area contributed by atoms with Crippen molar-refractivity contribution in [3.05, 3.63) is 71.3 Å². The molecule has 2 aromatic carbocycles. The van der Waals surface area contributed by atoms with Crippen molar-refractivity contribution in [1.82, 2.24) is 9.80 Å². The highest BCUT2D eigenvalue weighted by atomic mass is 16.2. The topological polar surface area (TPSA) is 57.7 Å². The standard InChI is InChI=1S/C23H24N2O3/c1-16-9-7-8-14-24(16)23(28)20(15-17-10-3-2-4-11-17)25-21(26)18-12-5-6-13-19(18)22(25)27/h2-6,10-13,16,20H,7-9,14-15H2,1H3/t16-,20-/m1/s1. The van der Waals surface area contributed by atoms with Crippen LogP contribution in [0.3, 0.4) is 0 Å². The number of hydrogen-bond donors (Lipinski definition) is 0. The van der Waals surface area contributed by atoms with Gasteiger partial charge >= 0.3 is 0 Å². The largest absolute Gasteiger partial charge is 0.338 e. The summed E-state index contributed by atoms with van der Waals surface area (Å²) in [6.07, 6.45) is 3.33. The molecular formula is C23H24N2O3. The smallest absolute Gasteiger partial charge is 0.262 e. The Morgan fingerprint density at radius 3 is 2.18 bits per heavy atom. The molecule has 144 valence electrons. The summed E-state index contributed by atoms with van der Waals surface area (Å²) in [4.78, 5) is 42.6. The number of nitrogens with zero attached hydrogens (tertiary/aromatic N) is 2. The summed E-state index contributed by atoms with van der Waals surface area (Å²) in [6, 6.07) is 15.7. The maximum Gasteiger partial charge on any atom is 0.262 e. The third kappa shape index (κ3) is 3.21. The quantitative estimate of drug-likeness (QED) is 0.770. The van der Waals surface area contributed by atoms with Crippen LogP contribution in [0, 0.1) is 0 Å². The van der Waals surface area contributed by atoms with Crippen LogP contribution in [0.5, 0.6) is 0 Å². The molecule has 1 fully saturated rings. The molecular weight excluding hydrogens is 352 g/mol. The van der Waals surface area contributed by atoms with Gasteiger partial charge in [0, 0.05) is 19.0 Å². The van der Waals surface area contributed by atoms with E-state index in [1.165, 1.54) is 4.90 Å². The van der Waals surface area contributed by atoms with Crippen LogP contribution in [0.1, 0.15) is 52.5 Å². The number of piperidine rings is 1. The Labute approximate surface area is 164 Å². The van der Waals surface area contributed by atoms with E-state index in [-0.39, 0.29) is 23.8 Å². The fourth-order valence-corrected chi connectivity index (χ4v) is 4.23. The maximum absolute atomic E-state index is 13.5. The summed E-state index contributed by atoms with van der Waals surface area (Å²) >= 11 is 0. The van der Waals surface area contributed by atoms with Crippen molar-refractivity contribution in [2.45, 2.75) is 44.7 Å². The highest BCUT2D eigenvalue weighted by Gasteiger charge is 2.44. The molecule has 5 nitrogen and oxygen atoms in total. The van der Waals surface area contributed by atoms with Crippen LogP contribution < -0.4 is 0 Å². The zero-order chi connectivity index (χ0) is 19.7. The molecule has 0 saturated carbocycles. The molecule has 0 bridgehead atoms. The van der Waals surface area contributed by atoms with E-state index in [4.69, 9.17) is 0 Å². The third-order valence-electron chi connectivity index (χ3n) is 5.78. The van der Waals surface area contributed by atoms with Crippen LogP contribution in [0.4, 0.5) is 0 Å². The van der Waals surface area contributed by atoms with Gasteiger partial charge < -0.3 is 4.90 Å². The molecule has 2 atom stereocenters. The van der Waals surface area contributed by atoms with Gasteiger partial charge in [-0.2, -0.15) is 0 Å². The summed E-state index contributed by atoms with van der Waals surface area (Å²) in [5, 5.41) is 0. The molecule has 2 heterocycles. The van der Waals surface area contributed by atoms with E-state index >= 15 is 0 Å². The van der Waals surface area contributed by atoms with Gasteiger partial charge in [-0.3, -0.25) is 19.3 Å². The lowest BCUT2D eigenvalue weighted by molar-refractivity contribution is -0.138. The lowest BCUT2D eigenvalue weighted by Gasteiger charge is -2.38. The van der Waals surface area contributed by atoms with Gasteiger partial charge in [0.05, 0.1) is 11.1 Å². The molecule has 2 aliphatic rings. The summed E-state index contributed by atoms with van der Waals surface area (Å²) in [7, 11) is 0. The Balaban J connectivity index is 1.70. The Morgan fingerprint density at radius 1 is 0.964 bits per heavy atom. The second kappa shape index (κ2) is 7.58. The van der Waals surface area contributed by atoms with Crippen molar-refractivity contribution in [1.29, 1.82) is 0 Å². The molecule has 3 amide bonds. The molecule has 0 radical (unpaired) electrons. The average molecular weight is 376 g/mol. The van der Waals surface area contributed by atoms with Crippen molar-refractivity contribution in [3.63, 3.8) is 0 Å². The number of rotatable bonds is 4. The van der Waals surface area contributed by atoms with E-state index in [0.29, 0.717) is 24.1 Å². The molecule has 0 aromatic heterocycles. The molecule has 4 rings (SSSR count). The first-order valence-corrected chi connectivity index (χ1v) is 9.89. The Bertz CT molecular complexity index is 874. The minimum absolute atomic E-state index is 0.120. The highest BCUT2D eigenvalue weighted by Crippen LogP contribution is 2.28. The minimum atomic E-state index is -0.824. The van der Waals surface area contributed by atoms with E-state index < -0.39 is 6.04 Å². The Kier molecular flexibility index (Phi) is 4.99. The zero-order valence-corrected chi connectivity index (χ0v) is 16.0. The van der Waals surface area contributed by atoms with Crippen molar-refractivity contribution in [3.8, 4) is 0 Å². The van der Waals surface area contributed by atoms with E-state index in [1.807, 2.05) is 42.2 Å². The summed E-state index contributed by atoms with van der Waals surface area (Å²) in [6.45, 7) is 2.72. The van der Waals surface area contributed by atoms with Crippen molar-refractivity contribution >= 4 is 17.7 Å². The lowest BCUT2D eigenvalue weighted by Crippen LogP contribution is -2.55. The molecule has 2 aromatic rings. The van der Waals surface area contributed by atoms with Gasteiger partial charge in [-0.15, -0.1) is 0 Å².